The maximum absolute atomic E-state index is 12.7. The van der Waals surface area contributed by atoms with Crippen LogP contribution in [0.25, 0.3) is 0 Å². The average molecular weight is 296 g/mol. The molecule has 2 rings (SSSR count). The average Bonchev–Trinajstić information content (AvgIpc) is 2.79. The number of aromatic nitrogens is 2. The Morgan fingerprint density at radius 1 is 1.29 bits per heavy atom. The van der Waals surface area contributed by atoms with Crippen LogP contribution in [0.3, 0.4) is 0 Å². The number of hydrogen-bond acceptors (Lipinski definition) is 2. The molecule has 112 valence electrons. The third kappa shape index (κ3) is 3.51. The number of hydrogen-bond donors (Lipinski definition) is 0. The molecular formula is C15H15F3N2O. The largest absolute Gasteiger partial charge is 0.416 e. The van der Waals surface area contributed by atoms with Gasteiger partial charge in [0.05, 0.1) is 11.3 Å². The number of halogens is 3. The van der Waals surface area contributed by atoms with Crippen LogP contribution in [0.15, 0.2) is 30.3 Å². The predicted octanol–water partition coefficient (Wildman–Crippen LogP) is 3.66. The van der Waals surface area contributed by atoms with Crippen molar-refractivity contribution in [3.8, 4) is 0 Å². The van der Waals surface area contributed by atoms with Gasteiger partial charge in [0.15, 0.2) is 5.78 Å². The van der Waals surface area contributed by atoms with Gasteiger partial charge in [-0.1, -0.05) is 18.2 Å². The van der Waals surface area contributed by atoms with E-state index < -0.39 is 11.7 Å². The molecule has 1 aromatic carbocycles. The summed E-state index contributed by atoms with van der Waals surface area (Å²) in [6.45, 7) is 4.16. The highest BCUT2D eigenvalue weighted by Crippen LogP contribution is 2.29. The molecular weight excluding hydrogens is 281 g/mol. The maximum atomic E-state index is 12.7. The van der Waals surface area contributed by atoms with Crippen LogP contribution in [0.1, 0.15) is 34.2 Å². The number of benzene rings is 1. The van der Waals surface area contributed by atoms with Crippen molar-refractivity contribution in [2.45, 2.75) is 33.0 Å². The third-order valence-corrected chi connectivity index (χ3v) is 3.11. The van der Waals surface area contributed by atoms with E-state index in [4.69, 9.17) is 0 Å². The van der Waals surface area contributed by atoms with Crippen molar-refractivity contribution < 1.29 is 18.0 Å². The van der Waals surface area contributed by atoms with Gasteiger partial charge in [-0.15, -0.1) is 0 Å². The summed E-state index contributed by atoms with van der Waals surface area (Å²) < 4.78 is 39.5. The van der Waals surface area contributed by atoms with Crippen molar-refractivity contribution in [3.63, 3.8) is 0 Å². The Labute approximate surface area is 120 Å². The van der Waals surface area contributed by atoms with Gasteiger partial charge in [-0.3, -0.25) is 9.48 Å². The van der Waals surface area contributed by atoms with Gasteiger partial charge in [-0.2, -0.15) is 18.3 Å². The summed E-state index contributed by atoms with van der Waals surface area (Å²) >= 11 is 0. The first kappa shape index (κ1) is 15.3. The lowest BCUT2D eigenvalue weighted by molar-refractivity contribution is -0.137. The van der Waals surface area contributed by atoms with E-state index in [2.05, 4.69) is 5.10 Å². The van der Waals surface area contributed by atoms with Gasteiger partial charge in [0.2, 0.25) is 0 Å². The summed E-state index contributed by atoms with van der Waals surface area (Å²) in [6, 6.07) is 6.49. The first-order chi connectivity index (χ1) is 9.81. The van der Waals surface area contributed by atoms with Crippen molar-refractivity contribution >= 4 is 5.78 Å². The molecule has 0 spiro atoms. The summed E-state index contributed by atoms with van der Waals surface area (Å²) in [5.41, 5.74) is 0.737. The Morgan fingerprint density at radius 2 is 2.00 bits per heavy atom. The number of carbonyl (C=O) groups is 1. The Hall–Kier alpha value is -2.11. The molecule has 0 radical (unpaired) electrons. The molecule has 1 aromatic heterocycles. The molecule has 0 atom stereocenters. The fourth-order valence-electron chi connectivity index (χ4n) is 2.14. The van der Waals surface area contributed by atoms with Crippen molar-refractivity contribution in [1.82, 2.24) is 9.78 Å². The molecule has 0 bridgehead atoms. The minimum absolute atomic E-state index is 0.0744. The topological polar surface area (TPSA) is 34.9 Å². The maximum Gasteiger partial charge on any atom is 0.416 e. The summed E-state index contributed by atoms with van der Waals surface area (Å²) in [6.07, 6.45) is -4.48. The second-order valence-electron chi connectivity index (χ2n) is 4.78. The van der Waals surface area contributed by atoms with Crippen LogP contribution < -0.4 is 0 Å². The number of rotatable bonds is 4. The number of nitrogens with zero attached hydrogens (tertiary/aromatic N) is 2. The zero-order chi connectivity index (χ0) is 15.6. The molecule has 0 aliphatic heterocycles. The lowest BCUT2D eigenvalue weighted by atomic mass is 10.0. The van der Waals surface area contributed by atoms with Gasteiger partial charge in [-0.25, -0.2) is 0 Å². The SMILES string of the molecule is CCn1nc(C)cc1C(=O)Cc1cccc(C(F)(F)F)c1. The van der Waals surface area contributed by atoms with Crippen molar-refractivity contribution in [3.05, 3.63) is 52.8 Å². The fraction of sp³-hybridized carbons (Fsp3) is 0.333. The van der Waals surface area contributed by atoms with Crippen LogP contribution in [0.4, 0.5) is 13.2 Å². The normalized spacial score (nSPS) is 11.7. The molecule has 0 saturated heterocycles. The molecule has 0 aliphatic carbocycles. The van der Waals surface area contributed by atoms with Crippen LogP contribution in [0.5, 0.6) is 0 Å². The van der Waals surface area contributed by atoms with Crippen molar-refractivity contribution in [2.75, 3.05) is 0 Å². The molecule has 6 heteroatoms. The monoisotopic (exact) mass is 296 g/mol. The van der Waals surface area contributed by atoms with Gasteiger partial charge in [0.1, 0.15) is 5.69 Å². The zero-order valence-electron chi connectivity index (χ0n) is 11.7. The Kier molecular flexibility index (Phi) is 4.16. The number of carbonyl (C=O) groups excluding carboxylic acids is 1. The molecule has 0 amide bonds. The Balaban J connectivity index is 2.24. The van der Waals surface area contributed by atoms with E-state index in [9.17, 15) is 18.0 Å². The predicted molar refractivity (Wildman–Crippen MR) is 72.1 cm³/mol. The molecule has 0 fully saturated rings. The lowest BCUT2D eigenvalue weighted by Gasteiger charge is -2.08. The third-order valence-electron chi connectivity index (χ3n) is 3.11. The molecule has 0 aliphatic rings. The second-order valence-corrected chi connectivity index (χ2v) is 4.78. The summed E-state index contributed by atoms with van der Waals surface area (Å²) in [5.74, 6) is -0.239. The molecule has 2 aromatic rings. The van der Waals surface area contributed by atoms with Crippen molar-refractivity contribution in [1.29, 1.82) is 0 Å². The van der Waals surface area contributed by atoms with E-state index in [0.717, 1.165) is 12.1 Å². The molecule has 0 saturated carbocycles. The zero-order valence-corrected chi connectivity index (χ0v) is 11.7. The van der Waals surface area contributed by atoms with Crippen LogP contribution in [0.2, 0.25) is 0 Å². The van der Waals surface area contributed by atoms with Gasteiger partial charge >= 0.3 is 6.18 Å². The van der Waals surface area contributed by atoms with Gasteiger partial charge in [0.25, 0.3) is 0 Å². The smallest absolute Gasteiger partial charge is 0.292 e. The summed E-state index contributed by atoms with van der Waals surface area (Å²) in [4.78, 5) is 12.2. The highest BCUT2D eigenvalue weighted by molar-refractivity contribution is 5.96. The molecule has 21 heavy (non-hydrogen) atoms. The Bertz CT molecular complexity index is 659. The number of aryl methyl sites for hydroxylation is 2. The fourth-order valence-corrected chi connectivity index (χ4v) is 2.14. The number of ketones is 1. The highest BCUT2D eigenvalue weighted by atomic mass is 19.4. The molecule has 0 unspecified atom stereocenters. The standard InChI is InChI=1S/C15H15F3N2O/c1-3-20-13(7-10(2)19-20)14(21)9-11-5-4-6-12(8-11)15(16,17)18/h4-8H,3,9H2,1-2H3. The summed E-state index contributed by atoms with van der Waals surface area (Å²) in [5, 5.41) is 4.16. The van der Waals surface area contributed by atoms with Crippen molar-refractivity contribution in [2.24, 2.45) is 0 Å². The van der Waals surface area contributed by atoms with E-state index in [1.807, 2.05) is 6.92 Å². The summed E-state index contributed by atoms with van der Waals surface area (Å²) in [7, 11) is 0. The van der Waals surface area contributed by atoms with Gasteiger partial charge in [0, 0.05) is 13.0 Å². The number of Topliss-reactive ketones (excluding diaryl/α,β-unsaturated/α-hetero) is 1. The van der Waals surface area contributed by atoms with E-state index in [0.29, 0.717) is 23.5 Å². The number of alkyl halides is 3. The van der Waals surface area contributed by atoms with E-state index in [1.54, 1.807) is 17.7 Å². The first-order valence-corrected chi connectivity index (χ1v) is 6.55. The molecule has 1 heterocycles. The van der Waals surface area contributed by atoms with Crippen LogP contribution >= 0.6 is 0 Å². The minimum Gasteiger partial charge on any atom is -0.292 e. The van der Waals surface area contributed by atoms with E-state index in [-0.39, 0.29) is 12.2 Å². The van der Waals surface area contributed by atoms with Gasteiger partial charge < -0.3 is 0 Å². The minimum atomic E-state index is -4.40. The highest BCUT2D eigenvalue weighted by Gasteiger charge is 2.30. The van der Waals surface area contributed by atoms with Gasteiger partial charge in [-0.05, 0) is 31.5 Å². The lowest BCUT2D eigenvalue weighted by Crippen LogP contribution is -2.12. The van der Waals surface area contributed by atoms with Crippen LogP contribution in [-0.2, 0) is 19.1 Å². The molecule has 0 N–H and O–H groups in total. The van der Waals surface area contributed by atoms with Crippen LogP contribution in [0, 0.1) is 6.92 Å². The molecule has 3 nitrogen and oxygen atoms in total. The van der Waals surface area contributed by atoms with E-state index in [1.165, 1.54) is 12.1 Å². The Morgan fingerprint density at radius 3 is 2.62 bits per heavy atom. The first-order valence-electron chi connectivity index (χ1n) is 6.55. The van der Waals surface area contributed by atoms with E-state index >= 15 is 0 Å². The second kappa shape index (κ2) is 5.71. The quantitative estimate of drug-likeness (QED) is 0.807. The van der Waals surface area contributed by atoms with Crippen LogP contribution in [-0.4, -0.2) is 15.6 Å².